The molecule has 2 aromatic rings. The SMILES string of the molecule is Cc1c(C)c(C)c(C(O)c2ccoc2)c(C)c1C. The molecular formula is C16H20O2. The number of hydrogen-bond donors (Lipinski definition) is 1. The van der Waals surface area contributed by atoms with Gasteiger partial charge in [0.1, 0.15) is 6.10 Å². The van der Waals surface area contributed by atoms with Crippen LogP contribution in [0.3, 0.4) is 0 Å². The first-order valence-electron chi connectivity index (χ1n) is 6.22. The second kappa shape index (κ2) is 4.62. The Kier molecular flexibility index (Phi) is 3.31. The first kappa shape index (κ1) is 12.9. The van der Waals surface area contributed by atoms with Gasteiger partial charge < -0.3 is 9.52 Å². The van der Waals surface area contributed by atoms with E-state index in [0.717, 1.165) is 11.1 Å². The minimum Gasteiger partial charge on any atom is -0.472 e. The Labute approximate surface area is 108 Å². The topological polar surface area (TPSA) is 33.4 Å². The third kappa shape index (κ3) is 1.87. The Balaban J connectivity index is 2.65. The fourth-order valence-electron chi connectivity index (χ4n) is 2.54. The van der Waals surface area contributed by atoms with Crippen molar-refractivity contribution in [3.05, 3.63) is 57.5 Å². The number of furan rings is 1. The summed E-state index contributed by atoms with van der Waals surface area (Å²) in [6.45, 7) is 10.5. The van der Waals surface area contributed by atoms with Gasteiger partial charge in [-0.2, -0.15) is 0 Å². The first-order valence-corrected chi connectivity index (χ1v) is 6.22. The van der Waals surface area contributed by atoms with Crippen LogP contribution in [0.15, 0.2) is 23.0 Å². The van der Waals surface area contributed by atoms with Crippen LogP contribution in [0, 0.1) is 34.6 Å². The molecule has 0 aliphatic heterocycles. The smallest absolute Gasteiger partial charge is 0.108 e. The second-order valence-corrected chi connectivity index (χ2v) is 5.00. The predicted molar refractivity (Wildman–Crippen MR) is 72.9 cm³/mol. The molecule has 96 valence electrons. The van der Waals surface area contributed by atoms with Gasteiger partial charge in [0.25, 0.3) is 0 Å². The maximum Gasteiger partial charge on any atom is 0.108 e. The molecular weight excluding hydrogens is 224 g/mol. The van der Waals surface area contributed by atoms with Crippen LogP contribution >= 0.6 is 0 Å². The average molecular weight is 244 g/mol. The van der Waals surface area contributed by atoms with Crippen molar-refractivity contribution < 1.29 is 9.52 Å². The molecule has 0 fully saturated rings. The molecule has 1 aromatic carbocycles. The van der Waals surface area contributed by atoms with Crippen molar-refractivity contribution in [2.45, 2.75) is 40.7 Å². The van der Waals surface area contributed by atoms with E-state index in [1.54, 1.807) is 12.5 Å². The molecule has 1 heterocycles. The maximum absolute atomic E-state index is 10.5. The fourth-order valence-corrected chi connectivity index (χ4v) is 2.54. The van der Waals surface area contributed by atoms with E-state index in [0.29, 0.717) is 0 Å². The molecule has 1 unspecified atom stereocenters. The van der Waals surface area contributed by atoms with Crippen molar-refractivity contribution in [2.24, 2.45) is 0 Å². The van der Waals surface area contributed by atoms with Crippen molar-refractivity contribution in [1.82, 2.24) is 0 Å². The number of benzene rings is 1. The molecule has 18 heavy (non-hydrogen) atoms. The van der Waals surface area contributed by atoms with Gasteiger partial charge in [0.05, 0.1) is 12.5 Å². The summed E-state index contributed by atoms with van der Waals surface area (Å²) in [6.07, 6.45) is 2.59. The number of aliphatic hydroxyl groups is 1. The van der Waals surface area contributed by atoms with Gasteiger partial charge in [0.15, 0.2) is 0 Å². The van der Waals surface area contributed by atoms with Crippen molar-refractivity contribution in [1.29, 1.82) is 0 Å². The lowest BCUT2D eigenvalue weighted by atomic mass is 9.86. The molecule has 0 bridgehead atoms. The van der Waals surface area contributed by atoms with E-state index in [9.17, 15) is 5.11 Å². The Morgan fingerprint density at radius 2 is 1.39 bits per heavy atom. The van der Waals surface area contributed by atoms with E-state index < -0.39 is 6.10 Å². The lowest BCUT2D eigenvalue weighted by Gasteiger charge is -2.21. The summed E-state index contributed by atoms with van der Waals surface area (Å²) in [5.74, 6) is 0. The van der Waals surface area contributed by atoms with Crippen molar-refractivity contribution >= 4 is 0 Å². The highest BCUT2D eigenvalue weighted by Crippen LogP contribution is 2.33. The fraction of sp³-hybridized carbons (Fsp3) is 0.375. The van der Waals surface area contributed by atoms with E-state index in [1.807, 2.05) is 6.07 Å². The van der Waals surface area contributed by atoms with E-state index >= 15 is 0 Å². The van der Waals surface area contributed by atoms with Crippen molar-refractivity contribution in [2.75, 3.05) is 0 Å². The summed E-state index contributed by atoms with van der Waals surface area (Å²) in [5.41, 5.74) is 7.99. The van der Waals surface area contributed by atoms with Gasteiger partial charge in [-0.3, -0.25) is 0 Å². The van der Waals surface area contributed by atoms with E-state index in [4.69, 9.17) is 4.42 Å². The highest BCUT2D eigenvalue weighted by atomic mass is 16.3. The largest absolute Gasteiger partial charge is 0.472 e. The monoisotopic (exact) mass is 244 g/mol. The highest BCUT2D eigenvalue weighted by molar-refractivity contribution is 5.52. The zero-order valence-corrected chi connectivity index (χ0v) is 11.7. The minimum atomic E-state index is -0.609. The third-order valence-electron chi connectivity index (χ3n) is 4.19. The molecule has 1 atom stereocenters. The molecule has 2 rings (SSSR count). The number of hydrogen-bond acceptors (Lipinski definition) is 2. The second-order valence-electron chi connectivity index (χ2n) is 5.00. The summed E-state index contributed by atoms with van der Waals surface area (Å²) >= 11 is 0. The normalized spacial score (nSPS) is 12.8. The van der Waals surface area contributed by atoms with Gasteiger partial charge >= 0.3 is 0 Å². The highest BCUT2D eigenvalue weighted by Gasteiger charge is 2.20. The predicted octanol–water partition coefficient (Wildman–Crippen LogP) is 3.90. The van der Waals surface area contributed by atoms with E-state index in [-0.39, 0.29) is 0 Å². The standard InChI is InChI=1S/C16H20O2/c1-9-10(2)12(4)15(13(5)11(9)3)16(17)14-6-7-18-8-14/h6-8,16-17H,1-5H3. The lowest BCUT2D eigenvalue weighted by Crippen LogP contribution is -2.08. The summed E-state index contributed by atoms with van der Waals surface area (Å²) < 4.78 is 5.06. The van der Waals surface area contributed by atoms with Crippen LogP contribution in [-0.2, 0) is 0 Å². The van der Waals surface area contributed by atoms with Crippen LogP contribution < -0.4 is 0 Å². The Hall–Kier alpha value is -1.54. The van der Waals surface area contributed by atoms with Crippen LogP contribution in [0.4, 0.5) is 0 Å². The lowest BCUT2D eigenvalue weighted by molar-refractivity contribution is 0.217. The van der Waals surface area contributed by atoms with Gasteiger partial charge in [0, 0.05) is 5.56 Å². The third-order valence-corrected chi connectivity index (χ3v) is 4.19. The zero-order valence-electron chi connectivity index (χ0n) is 11.7. The van der Waals surface area contributed by atoms with Crippen LogP contribution in [0.5, 0.6) is 0 Å². The van der Waals surface area contributed by atoms with Gasteiger partial charge in [-0.1, -0.05) is 0 Å². The van der Waals surface area contributed by atoms with Crippen LogP contribution in [0.2, 0.25) is 0 Å². The van der Waals surface area contributed by atoms with Gasteiger partial charge in [-0.25, -0.2) is 0 Å². The minimum absolute atomic E-state index is 0.609. The van der Waals surface area contributed by atoms with E-state index in [1.165, 1.54) is 27.8 Å². The van der Waals surface area contributed by atoms with Gasteiger partial charge in [-0.15, -0.1) is 0 Å². The molecule has 0 aliphatic rings. The number of rotatable bonds is 2. The molecule has 2 heteroatoms. The molecule has 2 nitrogen and oxygen atoms in total. The molecule has 0 amide bonds. The van der Waals surface area contributed by atoms with Crippen molar-refractivity contribution in [3.8, 4) is 0 Å². The molecule has 0 radical (unpaired) electrons. The molecule has 0 aliphatic carbocycles. The zero-order chi connectivity index (χ0) is 13.4. The van der Waals surface area contributed by atoms with Crippen molar-refractivity contribution in [3.63, 3.8) is 0 Å². The molecule has 0 spiro atoms. The van der Waals surface area contributed by atoms with Gasteiger partial charge in [0.2, 0.25) is 0 Å². The number of aliphatic hydroxyl groups excluding tert-OH is 1. The summed E-state index contributed by atoms with van der Waals surface area (Å²) in [4.78, 5) is 0. The first-order chi connectivity index (χ1) is 8.45. The molecule has 1 aromatic heterocycles. The molecule has 0 saturated carbocycles. The average Bonchev–Trinajstić information content (AvgIpc) is 2.88. The van der Waals surface area contributed by atoms with E-state index in [2.05, 4.69) is 34.6 Å². The van der Waals surface area contributed by atoms with Crippen LogP contribution in [-0.4, -0.2) is 5.11 Å². The summed E-state index contributed by atoms with van der Waals surface area (Å²) in [7, 11) is 0. The maximum atomic E-state index is 10.5. The summed E-state index contributed by atoms with van der Waals surface area (Å²) in [6, 6.07) is 1.81. The molecule has 1 N–H and O–H groups in total. The van der Waals surface area contributed by atoms with Crippen LogP contribution in [0.25, 0.3) is 0 Å². The quantitative estimate of drug-likeness (QED) is 0.869. The Morgan fingerprint density at radius 1 is 0.889 bits per heavy atom. The Morgan fingerprint density at radius 3 is 1.83 bits per heavy atom. The van der Waals surface area contributed by atoms with Gasteiger partial charge in [-0.05, 0) is 74.1 Å². The molecule has 0 saturated heterocycles. The summed E-state index contributed by atoms with van der Waals surface area (Å²) in [5, 5.41) is 10.5. The Bertz CT molecular complexity index is 536. The van der Waals surface area contributed by atoms with Crippen LogP contribution in [0.1, 0.15) is 45.0 Å².